The Morgan fingerprint density at radius 2 is 1.79 bits per heavy atom. The second-order valence-corrected chi connectivity index (χ2v) is 9.74. The number of benzene rings is 2. The summed E-state index contributed by atoms with van der Waals surface area (Å²) < 4.78 is 30.4. The van der Waals surface area contributed by atoms with Crippen LogP contribution in [0.1, 0.15) is 29.7 Å². The second kappa shape index (κ2) is 8.62. The van der Waals surface area contributed by atoms with Crippen molar-refractivity contribution in [3.05, 3.63) is 86.7 Å². The molecule has 170 valence electrons. The van der Waals surface area contributed by atoms with E-state index >= 15 is 0 Å². The summed E-state index contributed by atoms with van der Waals surface area (Å²) in [6, 6.07) is 15.6. The van der Waals surface area contributed by atoms with Crippen molar-refractivity contribution < 1.29 is 12.8 Å². The zero-order chi connectivity index (χ0) is 23.9. The van der Waals surface area contributed by atoms with Gasteiger partial charge in [0.15, 0.2) is 10.5 Å². The van der Waals surface area contributed by atoms with Gasteiger partial charge in [0.2, 0.25) is 0 Å². The fourth-order valence-corrected chi connectivity index (χ4v) is 4.67. The van der Waals surface area contributed by atoms with Crippen molar-refractivity contribution in [3.8, 4) is 11.3 Å². The Bertz CT molecular complexity index is 1530. The number of nitrogens with two attached hydrogens (primary N) is 1. The summed E-state index contributed by atoms with van der Waals surface area (Å²) in [6.45, 7) is 5.46. The van der Waals surface area contributed by atoms with Crippen molar-refractivity contribution in [2.45, 2.75) is 31.8 Å². The molecule has 33 heavy (non-hydrogen) atoms. The zero-order valence-corrected chi connectivity index (χ0v) is 19.8. The van der Waals surface area contributed by atoms with Crippen LogP contribution < -0.4 is 15.9 Å². The lowest BCUT2D eigenvalue weighted by atomic mass is 9.99. The molecule has 4 rings (SSSR count). The van der Waals surface area contributed by atoms with Crippen LogP contribution in [0.4, 0.5) is 5.69 Å². The predicted octanol–water partition coefficient (Wildman–Crippen LogP) is 4.95. The molecule has 1 unspecified atom stereocenters. The Hall–Kier alpha value is -3.20. The van der Waals surface area contributed by atoms with Gasteiger partial charge in [-0.3, -0.25) is 4.79 Å². The van der Waals surface area contributed by atoms with Crippen LogP contribution in [0.5, 0.6) is 0 Å². The average molecular weight is 484 g/mol. The molecule has 0 aliphatic rings. The number of primary sulfonamides is 1. The number of nitrogens with zero attached hydrogens (tertiary/aromatic N) is 1. The van der Waals surface area contributed by atoms with E-state index in [4.69, 9.17) is 21.2 Å². The minimum atomic E-state index is -4.12. The third kappa shape index (κ3) is 4.50. The summed E-state index contributed by atoms with van der Waals surface area (Å²) in [5.41, 5.74) is 3.37. The smallest absolute Gasteiger partial charge is 0.257 e. The monoisotopic (exact) mass is 483 g/mol. The molecule has 4 aromatic rings. The van der Waals surface area contributed by atoms with Crippen molar-refractivity contribution in [2.75, 3.05) is 5.32 Å². The Morgan fingerprint density at radius 3 is 2.45 bits per heavy atom. The van der Waals surface area contributed by atoms with E-state index in [9.17, 15) is 13.2 Å². The number of rotatable bonds is 5. The van der Waals surface area contributed by atoms with Gasteiger partial charge in [0.25, 0.3) is 10.0 Å². The first-order valence-electron chi connectivity index (χ1n) is 10.2. The maximum atomic E-state index is 13.2. The van der Waals surface area contributed by atoms with Crippen LogP contribution in [0, 0.1) is 13.8 Å². The van der Waals surface area contributed by atoms with Crippen molar-refractivity contribution in [2.24, 2.45) is 5.14 Å². The first-order valence-corrected chi connectivity index (χ1v) is 12.1. The van der Waals surface area contributed by atoms with Crippen molar-refractivity contribution in [3.63, 3.8) is 0 Å². The van der Waals surface area contributed by atoms with Gasteiger partial charge in [0.1, 0.15) is 16.5 Å². The standard InChI is InChI=1S/C24H22ClN3O4S/c1-13-11-17(15(3)27-19-9-10-20(25)28-24(19)33(26,30)31)23-18(12-13)21(29)14(2)22(32-23)16-7-5-4-6-8-16/h4-12,15,27H,1-3H3,(H2,26,30,31). The number of hydrogen-bond donors (Lipinski definition) is 2. The van der Waals surface area contributed by atoms with Crippen molar-refractivity contribution >= 4 is 38.3 Å². The largest absolute Gasteiger partial charge is 0.455 e. The van der Waals surface area contributed by atoms with Gasteiger partial charge in [-0.25, -0.2) is 18.5 Å². The van der Waals surface area contributed by atoms with E-state index in [1.165, 1.54) is 12.1 Å². The molecule has 1 atom stereocenters. The van der Waals surface area contributed by atoms with E-state index in [-0.39, 0.29) is 21.3 Å². The van der Waals surface area contributed by atoms with Crippen molar-refractivity contribution in [1.29, 1.82) is 0 Å². The normalized spacial score (nSPS) is 12.6. The summed E-state index contributed by atoms with van der Waals surface area (Å²) in [7, 11) is -4.12. The Kier molecular flexibility index (Phi) is 6.00. The number of hydrogen-bond acceptors (Lipinski definition) is 6. The molecule has 0 radical (unpaired) electrons. The highest BCUT2D eigenvalue weighted by molar-refractivity contribution is 7.89. The number of fused-ring (bicyclic) bond motifs is 1. The van der Waals surface area contributed by atoms with Crippen LogP contribution in [0.15, 0.2) is 68.8 Å². The lowest BCUT2D eigenvalue weighted by Gasteiger charge is -2.20. The summed E-state index contributed by atoms with van der Waals surface area (Å²) in [6.07, 6.45) is 0. The molecule has 2 aromatic carbocycles. The molecule has 0 amide bonds. The Balaban J connectivity index is 1.90. The lowest BCUT2D eigenvalue weighted by molar-refractivity contribution is 0.594. The third-order valence-electron chi connectivity index (χ3n) is 5.36. The minimum absolute atomic E-state index is 0.00667. The molecule has 0 saturated carbocycles. The highest BCUT2D eigenvalue weighted by Crippen LogP contribution is 2.33. The van der Waals surface area contributed by atoms with Crippen LogP contribution >= 0.6 is 11.6 Å². The van der Waals surface area contributed by atoms with Gasteiger partial charge in [0.05, 0.1) is 17.1 Å². The van der Waals surface area contributed by atoms with Crippen LogP contribution in [0.3, 0.4) is 0 Å². The Labute approximate surface area is 196 Å². The molecule has 7 nitrogen and oxygen atoms in total. The van der Waals surface area contributed by atoms with Gasteiger partial charge in [-0.05, 0) is 44.5 Å². The van der Waals surface area contributed by atoms with Gasteiger partial charge in [-0.2, -0.15) is 0 Å². The third-order valence-corrected chi connectivity index (χ3v) is 6.42. The fourth-order valence-electron chi connectivity index (χ4n) is 3.81. The SMILES string of the molecule is Cc1cc(C(C)Nc2ccc(Cl)nc2S(N)(=O)=O)c2oc(-c3ccccc3)c(C)c(=O)c2c1. The summed E-state index contributed by atoms with van der Waals surface area (Å²) in [5.74, 6) is 0.490. The fraction of sp³-hybridized carbons (Fsp3) is 0.167. The number of anilines is 1. The van der Waals surface area contributed by atoms with Crippen molar-refractivity contribution in [1.82, 2.24) is 4.98 Å². The molecule has 2 heterocycles. The number of aromatic nitrogens is 1. The van der Waals surface area contributed by atoms with E-state index in [1.807, 2.05) is 50.2 Å². The molecule has 9 heteroatoms. The number of pyridine rings is 1. The average Bonchev–Trinajstić information content (AvgIpc) is 2.77. The first-order chi connectivity index (χ1) is 15.6. The first kappa shape index (κ1) is 23.0. The van der Waals surface area contributed by atoms with Gasteiger partial charge in [-0.15, -0.1) is 0 Å². The maximum Gasteiger partial charge on any atom is 0.257 e. The number of sulfonamides is 1. The van der Waals surface area contributed by atoms with Gasteiger partial charge in [-0.1, -0.05) is 48.0 Å². The molecule has 0 fully saturated rings. The van der Waals surface area contributed by atoms with E-state index in [2.05, 4.69) is 10.3 Å². The molecular weight excluding hydrogens is 462 g/mol. The quantitative estimate of drug-likeness (QED) is 0.388. The number of aryl methyl sites for hydroxylation is 1. The van der Waals surface area contributed by atoms with Gasteiger partial charge < -0.3 is 9.73 Å². The molecule has 2 aromatic heterocycles. The maximum absolute atomic E-state index is 13.2. The van der Waals surface area contributed by atoms with Gasteiger partial charge >= 0.3 is 0 Å². The molecular formula is C24H22ClN3O4S. The molecule has 0 aliphatic heterocycles. The Morgan fingerprint density at radius 1 is 1.09 bits per heavy atom. The van der Waals surface area contributed by atoms with Crippen LogP contribution in [0.25, 0.3) is 22.3 Å². The highest BCUT2D eigenvalue weighted by Gasteiger charge is 2.22. The van der Waals surface area contributed by atoms with E-state index < -0.39 is 16.1 Å². The van der Waals surface area contributed by atoms with Crippen LogP contribution in [-0.2, 0) is 10.0 Å². The molecule has 0 spiro atoms. The van der Waals surface area contributed by atoms with Crippen LogP contribution in [-0.4, -0.2) is 13.4 Å². The molecule has 0 bridgehead atoms. The van der Waals surface area contributed by atoms with Gasteiger partial charge in [0, 0.05) is 16.7 Å². The van der Waals surface area contributed by atoms with E-state index in [0.717, 1.165) is 11.1 Å². The topological polar surface area (TPSA) is 115 Å². The summed E-state index contributed by atoms with van der Waals surface area (Å²) in [4.78, 5) is 17.1. The number of halogens is 1. The highest BCUT2D eigenvalue weighted by atomic mass is 35.5. The molecule has 3 N–H and O–H groups in total. The van der Waals surface area contributed by atoms with E-state index in [1.54, 1.807) is 13.0 Å². The second-order valence-electron chi connectivity index (χ2n) is 7.88. The summed E-state index contributed by atoms with van der Waals surface area (Å²) in [5, 5.41) is 8.56. The minimum Gasteiger partial charge on any atom is -0.455 e. The predicted molar refractivity (Wildman–Crippen MR) is 130 cm³/mol. The molecule has 0 aliphatic carbocycles. The van der Waals surface area contributed by atoms with E-state index in [0.29, 0.717) is 27.9 Å². The van der Waals surface area contributed by atoms with Crippen LogP contribution in [0.2, 0.25) is 5.15 Å². The number of nitrogens with one attached hydrogen (secondary N) is 1. The lowest BCUT2D eigenvalue weighted by Crippen LogP contribution is -2.18. The zero-order valence-electron chi connectivity index (χ0n) is 18.2. The molecule has 0 saturated heterocycles. The summed E-state index contributed by atoms with van der Waals surface area (Å²) >= 11 is 5.87.